The average molecular weight is 325 g/mol. The van der Waals surface area contributed by atoms with Gasteiger partial charge in [-0.15, -0.1) is 11.3 Å². The number of imidazole rings is 1. The van der Waals surface area contributed by atoms with Crippen LogP contribution in [-0.2, 0) is 0 Å². The first-order chi connectivity index (χ1) is 11.1. The van der Waals surface area contributed by atoms with Gasteiger partial charge < -0.3 is 10.3 Å². The van der Waals surface area contributed by atoms with Gasteiger partial charge in [0.05, 0.1) is 15.9 Å². The molecule has 3 aromatic rings. The van der Waals surface area contributed by atoms with Gasteiger partial charge in [0.1, 0.15) is 0 Å². The first-order valence-corrected chi connectivity index (χ1v) is 8.84. The maximum Gasteiger partial charge on any atom is 0.248 e. The van der Waals surface area contributed by atoms with E-state index < -0.39 is 5.91 Å². The van der Waals surface area contributed by atoms with Gasteiger partial charge in [0.25, 0.3) is 0 Å². The van der Waals surface area contributed by atoms with Gasteiger partial charge in [-0.3, -0.25) is 4.79 Å². The molecule has 1 aliphatic carbocycles. The zero-order valence-electron chi connectivity index (χ0n) is 13.1. The zero-order chi connectivity index (χ0) is 16.0. The van der Waals surface area contributed by atoms with Crippen molar-refractivity contribution in [1.29, 1.82) is 0 Å². The minimum Gasteiger partial charge on any atom is -0.366 e. The van der Waals surface area contributed by atoms with E-state index in [1.807, 2.05) is 12.1 Å². The lowest BCUT2D eigenvalue weighted by Gasteiger charge is -2.15. The number of nitrogens with two attached hydrogens (primary N) is 1. The Hall–Kier alpha value is -2.14. The zero-order valence-corrected chi connectivity index (χ0v) is 13.9. The Kier molecular flexibility index (Phi) is 3.45. The second-order valence-electron chi connectivity index (χ2n) is 6.22. The smallest absolute Gasteiger partial charge is 0.248 e. The number of thiophene rings is 1. The molecular weight excluding hydrogens is 306 g/mol. The summed E-state index contributed by atoms with van der Waals surface area (Å²) in [5.74, 6) is 0.613. The second kappa shape index (κ2) is 5.49. The number of fused-ring (bicyclic) bond motifs is 1. The largest absolute Gasteiger partial charge is 0.366 e. The number of carbonyl (C=O) groups excluding carboxylic acids is 1. The monoisotopic (exact) mass is 325 g/mol. The summed E-state index contributed by atoms with van der Waals surface area (Å²) >= 11 is 1.76. The molecule has 0 atom stereocenters. The third-order valence-electron chi connectivity index (χ3n) is 4.62. The van der Waals surface area contributed by atoms with Crippen molar-refractivity contribution in [3.63, 3.8) is 0 Å². The Morgan fingerprint density at radius 2 is 2.04 bits per heavy atom. The lowest BCUT2D eigenvalue weighted by molar-refractivity contribution is 0.100. The van der Waals surface area contributed by atoms with Gasteiger partial charge in [-0.1, -0.05) is 12.8 Å². The van der Waals surface area contributed by atoms with Gasteiger partial charge in [0.15, 0.2) is 5.82 Å². The fourth-order valence-corrected chi connectivity index (χ4v) is 4.37. The number of primary amides is 1. The summed E-state index contributed by atoms with van der Waals surface area (Å²) in [7, 11) is 0. The molecule has 0 bridgehead atoms. The van der Waals surface area contributed by atoms with E-state index in [0.29, 0.717) is 11.6 Å². The van der Waals surface area contributed by atoms with Crippen LogP contribution in [0, 0.1) is 6.92 Å². The lowest BCUT2D eigenvalue weighted by Crippen LogP contribution is -2.10. The van der Waals surface area contributed by atoms with Crippen molar-refractivity contribution < 1.29 is 4.79 Å². The molecule has 23 heavy (non-hydrogen) atoms. The molecule has 0 saturated heterocycles. The third kappa shape index (κ3) is 2.45. The van der Waals surface area contributed by atoms with Gasteiger partial charge >= 0.3 is 0 Å². The van der Waals surface area contributed by atoms with Crippen LogP contribution in [0.4, 0.5) is 0 Å². The highest BCUT2D eigenvalue weighted by molar-refractivity contribution is 7.15. The van der Waals surface area contributed by atoms with Crippen LogP contribution in [0.15, 0.2) is 30.3 Å². The van der Waals surface area contributed by atoms with E-state index >= 15 is 0 Å². The quantitative estimate of drug-likeness (QED) is 0.781. The highest BCUT2D eigenvalue weighted by Gasteiger charge is 2.24. The van der Waals surface area contributed by atoms with Crippen LogP contribution in [0.25, 0.3) is 21.7 Å². The molecule has 2 aromatic heterocycles. The highest BCUT2D eigenvalue weighted by Crippen LogP contribution is 2.38. The van der Waals surface area contributed by atoms with E-state index in [2.05, 4.69) is 23.6 Å². The number of amides is 1. The molecular formula is C18H19N3OS. The molecule has 1 amide bonds. The molecule has 1 fully saturated rings. The first-order valence-electron chi connectivity index (χ1n) is 8.02. The van der Waals surface area contributed by atoms with Crippen molar-refractivity contribution in [2.45, 2.75) is 38.6 Å². The van der Waals surface area contributed by atoms with Gasteiger partial charge in [-0.25, -0.2) is 4.98 Å². The molecule has 4 nitrogen and oxygen atoms in total. The fourth-order valence-electron chi connectivity index (χ4n) is 3.51. The van der Waals surface area contributed by atoms with E-state index in [1.54, 1.807) is 17.4 Å². The van der Waals surface area contributed by atoms with Crippen molar-refractivity contribution in [2.75, 3.05) is 0 Å². The number of hydrogen-bond donors (Lipinski definition) is 1. The molecule has 1 saturated carbocycles. The number of hydrogen-bond acceptors (Lipinski definition) is 3. The molecule has 1 aliphatic rings. The average Bonchev–Trinajstić information content (AvgIpc) is 3.24. The molecule has 0 unspecified atom stereocenters. The Bertz CT molecular complexity index is 887. The van der Waals surface area contributed by atoms with Crippen molar-refractivity contribution >= 4 is 28.3 Å². The number of nitrogens with zero attached hydrogens (tertiary/aromatic N) is 2. The Balaban J connectivity index is 1.95. The number of carbonyl (C=O) groups is 1. The van der Waals surface area contributed by atoms with E-state index in [0.717, 1.165) is 16.9 Å². The maximum atomic E-state index is 11.5. The van der Waals surface area contributed by atoms with Crippen LogP contribution in [0.3, 0.4) is 0 Å². The van der Waals surface area contributed by atoms with Crippen molar-refractivity contribution in [2.24, 2.45) is 5.73 Å². The van der Waals surface area contributed by atoms with E-state index in [-0.39, 0.29) is 0 Å². The first kappa shape index (κ1) is 14.5. The molecule has 2 N–H and O–H groups in total. The van der Waals surface area contributed by atoms with Gasteiger partial charge in [0, 0.05) is 16.5 Å². The minimum absolute atomic E-state index is 0.407. The summed E-state index contributed by atoms with van der Waals surface area (Å²) in [6.07, 6.45) is 4.93. The Morgan fingerprint density at radius 1 is 1.26 bits per heavy atom. The van der Waals surface area contributed by atoms with Crippen LogP contribution < -0.4 is 5.73 Å². The van der Waals surface area contributed by atoms with Crippen LogP contribution in [0.5, 0.6) is 0 Å². The molecule has 0 spiro atoms. The Labute approximate surface area is 138 Å². The highest BCUT2D eigenvalue weighted by atomic mass is 32.1. The van der Waals surface area contributed by atoms with Crippen molar-refractivity contribution in [3.8, 4) is 10.7 Å². The number of benzene rings is 1. The van der Waals surface area contributed by atoms with Gasteiger partial charge in [-0.05, 0) is 50.1 Å². The molecule has 0 radical (unpaired) electrons. The summed E-state index contributed by atoms with van der Waals surface area (Å²) in [5.41, 5.74) is 7.89. The number of aromatic nitrogens is 2. The standard InChI is InChI=1S/C18H19N3OS/c1-11-6-9-16(23-11)18-20-14-10-12(17(19)22)7-8-15(14)21(18)13-4-2-3-5-13/h6-10,13H,2-5H2,1H3,(H2,19,22). The van der Waals surface area contributed by atoms with Crippen LogP contribution in [-0.4, -0.2) is 15.5 Å². The summed E-state index contributed by atoms with van der Waals surface area (Å²) in [4.78, 5) is 18.8. The van der Waals surface area contributed by atoms with Gasteiger partial charge in [0.2, 0.25) is 5.91 Å². The van der Waals surface area contributed by atoms with E-state index in [4.69, 9.17) is 10.7 Å². The number of aryl methyl sites for hydroxylation is 1. The minimum atomic E-state index is -0.407. The second-order valence-corrected chi connectivity index (χ2v) is 7.51. The molecule has 4 rings (SSSR count). The summed E-state index contributed by atoms with van der Waals surface area (Å²) in [6.45, 7) is 2.11. The third-order valence-corrected chi connectivity index (χ3v) is 5.62. The van der Waals surface area contributed by atoms with Gasteiger partial charge in [-0.2, -0.15) is 0 Å². The Morgan fingerprint density at radius 3 is 2.70 bits per heavy atom. The molecule has 2 heterocycles. The topological polar surface area (TPSA) is 60.9 Å². The number of rotatable bonds is 3. The van der Waals surface area contributed by atoms with Crippen molar-refractivity contribution in [3.05, 3.63) is 40.8 Å². The summed E-state index contributed by atoms with van der Waals surface area (Å²) in [6, 6.07) is 10.4. The molecule has 1 aromatic carbocycles. The molecule has 5 heteroatoms. The SMILES string of the molecule is Cc1ccc(-c2nc3cc(C(N)=O)ccc3n2C2CCCC2)s1. The molecule has 118 valence electrons. The normalized spacial score (nSPS) is 15.5. The predicted molar refractivity (Wildman–Crippen MR) is 93.8 cm³/mol. The van der Waals surface area contributed by atoms with Crippen LogP contribution in [0.2, 0.25) is 0 Å². The summed E-state index contributed by atoms with van der Waals surface area (Å²) < 4.78 is 2.37. The van der Waals surface area contributed by atoms with Crippen LogP contribution >= 0.6 is 11.3 Å². The van der Waals surface area contributed by atoms with Crippen LogP contribution in [0.1, 0.15) is 47.0 Å². The van der Waals surface area contributed by atoms with E-state index in [9.17, 15) is 4.79 Å². The fraction of sp³-hybridized carbons (Fsp3) is 0.333. The van der Waals surface area contributed by atoms with Crippen molar-refractivity contribution in [1.82, 2.24) is 9.55 Å². The predicted octanol–water partition coefficient (Wildman–Crippen LogP) is 4.29. The summed E-state index contributed by atoms with van der Waals surface area (Å²) in [5, 5.41) is 0. The van der Waals surface area contributed by atoms with E-state index in [1.165, 1.54) is 35.4 Å². The lowest BCUT2D eigenvalue weighted by atomic mass is 10.1. The molecule has 0 aliphatic heterocycles. The maximum absolute atomic E-state index is 11.5.